The minimum absolute atomic E-state index is 0.0123. The van der Waals surface area contributed by atoms with Crippen LogP contribution >= 0.6 is 0 Å². The van der Waals surface area contributed by atoms with E-state index in [1.807, 2.05) is 31.2 Å². The summed E-state index contributed by atoms with van der Waals surface area (Å²) in [6.07, 6.45) is 1.47. The largest absolute Gasteiger partial charge is 0.403 e. The highest BCUT2D eigenvalue weighted by molar-refractivity contribution is 5.90. The fourth-order valence-corrected chi connectivity index (χ4v) is 2.39. The predicted molar refractivity (Wildman–Crippen MR) is 99.5 cm³/mol. The third-order valence-electron chi connectivity index (χ3n) is 3.98. The highest BCUT2D eigenvalue weighted by Gasteiger charge is 2.09. The number of carbonyl (C=O) groups is 1. The number of amides is 1. The van der Waals surface area contributed by atoms with Crippen LogP contribution < -0.4 is 10.6 Å². The second-order valence-electron chi connectivity index (χ2n) is 5.70. The van der Waals surface area contributed by atoms with Crippen molar-refractivity contribution >= 4 is 17.6 Å². The molecule has 136 valence electrons. The number of rotatable bonds is 10. The van der Waals surface area contributed by atoms with E-state index in [1.165, 1.54) is 0 Å². The van der Waals surface area contributed by atoms with Gasteiger partial charge >= 0.3 is 6.01 Å². The monoisotopic (exact) mass is 345 g/mol. The molecule has 25 heavy (non-hydrogen) atoms. The number of benzene rings is 1. The molecule has 1 amide bonds. The summed E-state index contributed by atoms with van der Waals surface area (Å²) in [6, 6.07) is 7.78. The third-order valence-corrected chi connectivity index (χ3v) is 3.98. The molecule has 0 aliphatic carbocycles. The summed E-state index contributed by atoms with van der Waals surface area (Å²) in [5, 5.41) is 14.1. The van der Waals surface area contributed by atoms with Crippen molar-refractivity contribution in [2.24, 2.45) is 0 Å². The minimum Gasteiger partial charge on any atom is -0.403 e. The number of hydrogen-bond donors (Lipinski definition) is 2. The van der Waals surface area contributed by atoms with Crippen LogP contribution in [0.3, 0.4) is 0 Å². The number of hydrogen-bond acceptors (Lipinski definition) is 6. The van der Waals surface area contributed by atoms with Crippen molar-refractivity contribution in [3.05, 3.63) is 24.3 Å². The number of carbonyl (C=O) groups excluding carboxylic acids is 1. The molecule has 2 N–H and O–H groups in total. The zero-order valence-corrected chi connectivity index (χ0v) is 15.2. The Labute approximate surface area is 148 Å². The van der Waals surface area contributed by atoms with Crippen molar-refractivity contribution in [1.82, 2.24) is 15.1 Å². The van der Waals surface area contributed by atoms with Crippen molar-refractivity contribution in [2.45, 2.75) is 33.6 Å². The minimum atomic E-state index is -0.0123. The van der Waals surface area contributed by atoms with Crippen LogP contribution in [-0.2, 0) is 4.79 Å². The molecule has 0 saturated carbocycles. The highest BCUT2D eigenvalue weighted by Crippen LogP contribution is 2.21. The van der Waals surface area contributed by atoms with Gasteiger partial charge in [0.15, 0.2) is 0 Å². The molecule has 0 aliphatic rings. The first-order valence-corrected chi connectivity index (χ1v) is 8.86. The van der Waals surface area contributed by atoms with E-state index in [1.54, 1.807) is 0 Å². The molecule has 7 nitrogen and oxygen atoms in total. The summed E-state index contributed by atoms with van der Waals surface area (Å²) in [7, 11) is 0. The molecular weight excluding hydrogens is 318 g/mol. The molecule has 0 aliphatic heterocycles. The van der Waals surface area contributed by atoms with E-state index in [-0.39, 0.29) is 5.91 Å². The number of aromatic nitrogens is 2. The van der Waals surface area contributed by atoms with E-state index in [9.17, 15) is 4.79 Å². The lowest BCUT2D eigenvalue weighted by Crippen LogP contribution is -2.25. The van der Waals surface area contributed by atoms with Gasteiger partial charge in [0, 0.05) is 24.2 Å². The maximum Gasteiger partial charge on any atom is 0.315 e. The summed E-state index contributed by atoms with van der Waals surface area (Å²) in [6.45, 7) is 10.1. The molecule has 0 atom stereocenters. The second-order valence-corrected chi connectivity index (χ2v) is 5.70. The predicted octanol–water partition coefficient (Wildman–Crippen LogP) is 3.23. The van der Waals surface area contributed by atoms with Gasteiger partial charge in [0.1, 0.15) is 0 Å². The van der Waals surface area contributed by atoms with Gasteiger partial charge in [0.05, 0.1) is 0 Å². The van der Waals surface area contributed by atoms with E-state index >= 15 is 0 Å². The quantitative estimate of drug-likeness (QED) is 0.643. The van der Waals surface area contributed by atoms with Crippen molar-refractivity contribution in [1.29, 1.82) is 0 Å². The molecule has 2 aromatic rings. The second kappa shape index (κ2) is 9.78. The van der Waals surface area contributed by atoms with Crippen LogP contribution in [0.15, 0.2) is 28.7 Å². The van der Waals surface area contributed by atoms with Crippen molar-refractivity contribution in [3.8, 4) is 11.5 Å². The van der Waals surface area contributed by atoms with Crippen molar-refractivity contribution < 1.29 is 9.21 Å². The molecule has 0 spiro atoms. The fraction of sp³-hybridized carbons (Fsp3) is 0.500. The standard InChI is InChI=1S/C18H27N5O2/c1-4-16(24)20-15-10-8-14(9-11-15)17-21-22-18(25-17)19-12-7-13-23(5-2)6-3/h8-11H,4-7,12-13H2,1-3H3,(H,19,22)(H,20,24). The van der Waals surface area contributed by atoms with E-state index in [0.29, 0.717) is 18.3 Å². The van der Waals surface area contributed by atoms with Gasteiger partial charge < -0.3 is 20.0 Å². The molecule has 1 heterocycles. The van der Waals surface area contributed by atoms with Gasteiger partial charge in [0.2, 0.25) is 11.8 Å². The number of nitrogens with one attached hydrogen (secondary N) is 2. The molecule has 0 unspecified atom stereocenters. The first kappa shape index (κ1) is 18.9. The molecule has 0 radical (unpaired) electrons. The topological polar surface area (TPSA) is 83.3 Å². The summed E-state index contributed by atoms with van der Waals surface area (Å²) >= 11 is 0. The first-order chi connectivity index (χ1) is 12.2. The average Bonchev–Trinajstić information content (AvgIpc) is 3.11. The fourth-order valence-electron chi connectivity index (χ4n) is 2.39. The van der Waals surface area contributed by atoms with Gasteiger partial charge in [-0.25, -0.2) is 0 Å². The van der Waals surface area contributed by atoms with E-state index in [0.717, 1.165) is 43.9 Å². The van der Waals surface area contributed by atoms with Gasteiger partial charge in [-0.05, 0) is 50.3 Å². The van der Waals surface area contributed by atoms with Crippen molar-refractivity contribution in [2.75, 3.05) is 36.8 Å². The van der Waals surface area contributed by atoms with Gasteiger partial charge in [-0.3, -0.25) is 4.79 Å². The van der Waals surface area contributed by atoms with Crippen LogP contribution in [0.5, 0.6) is 0 Å². The highest BCUT2D eigenvalue weighted by atomic mass is 16.4. The summed E-state index contributed by atoms with van der Waals surface area (Å²) in [4.78, 5) is 13.8. The molecule has 0 bridgehead atoms. The molecule has 2 rings (SSSR count). The summed E-state index contributed by atoms with van der Waals surface area (Å²) in [5.74, 6) is 0.446. The van der Waals surface area contributed by atoms with E-state index in [4.69, 9.17) is 4.42 Å². The lowest BCUT2D eigenvalue weighted by molar-refractivity contribution is -0.115. The van der Waals surface area contributed by atoms with Crippen molar-refractivity contribution in [3.63, 3.8) is 0 Å². The maximum absolute atomic E-state index is 11.4. The number of nitrogens with zero attached hydrogens (tertiary/aromatic N) is 3. The Kier molecular flexibility index (Phi) is 7.40. The Morgan fingerprint density at radius 3 is 2.48 bits per heavy atom. The van der Waals surface area contributed by atoms with Gasteiger partial charge in [-0.2, -0.15) is 0 Å². The Bertz CT molecular complexity index is 650. The Hall–Kier alpha value is -2.41. The molecule has 0 fully saturated rings. The smallest absolute Gasteiger partial charge is 0.315 e. The van der Waals surface area contributed by atoms with Crippen LogP contribution in [0.2, 0.25) is 0 Å². The lowest BCUT2D eigenvalue weighted by atomic mass is 10.2. The Balaban J connectivity index is 1.85. The SMILES string of the molecule is CCC(=O)Nc1ccc(-c2nnc(NCCCN(CC)CC)o2)cc1. The third kappa shape index (κ3) is 5.86. The molecule has 1 aromatic heterocycles. The van der Waals surface area contributed by atoms with Crippen LogP contribution in [0, 0.1) is 0 Å². The zero-order valence-electron chi connectivity index (χ0n) is 15.2. The molecule has 7 heteroatoms. The van der Waals surface area contributed by atoms with Gasteiger partial charge in [-0.15, -0.1) is 5.10 Å². The average molecular weight is 345 g/mol. The van der Waals surface area contributed by atoms with Crippen LogP contribution in [0.1, 0.15) is 33.6 Å². The zero-order chi connectivity index (χ0) is 18.1. The number of anilines is 2. The molecular formula is C18H27N5O2. The maximum atomic E-state index is 11.4. The van der Waals surface area contributed by atoms with E-state index < -0.39 is 0 Å². The van der Waals surface area contributed by atoms with E-state index in [2.05, 4.69) is 39.6 Å². The van der Waals surface area contributed by atoms with Crippen LogP contribution in [0.25, 0.3) is 11.5 Å². The van der Waals surface area contributed by atoms with Gasteiger partial charge in [-0.1, -0.05) is 25.9 Å². The first-order valence-electron chi connectivity index (χ1n) is 8.86. The van der Waals surface area contributed by atoms with Gasteiger partial charge in [0.25, 0.3) is 0 Å². The molecule has 0 saturated heterocycles. The summed E-state index contributed by atoms with van der Waals surface area (Å²) < 4.78 is 5.64. The normalized spacial score (nSPS) is 10.9. The molecule has 1 aromatic carbocycles. The Morgan fingerprint density at radius 1 is 1.12 bits per heavy atom. The lowest BCUT2D eigenvalue weighted by Gasteiger charge is -2.17. The van der Waals surface area contributed by atoms with Crippen LogP contribution in [-0.4, -0.2) is 47.2 Å². The van der Waals surface area contributed by atoms with Crippen LogP contribution in [0.4, 0.5) is 11.7 Å². The Morgan fingerprint density at radius 2 is 1.84 bits per heavy atom. The summed E-state index contributed by atoms with van der Waals surface area (Å²) in [5.41, 5.74) is 1.57.